The molecule has 13 heavy (non-hydrogen) atoms. The van der Waals surface area contributed by atoms with Gasteiger partial charge in [0.1, 0.15) is 0 Å². The van der Waals surface area contributed by atoms with Crippen LogP contribution in [0.5, 0.6) is 0 Å². The Morgan fingerprint density at radius 1 is 1.15 bits per heavy atom. The van der Waals surface area contributed by atoms with Gasteiger partial charge in [-0.25, -0.2) is 0 Å². The molecule has 0 fully saturated rings. The van der Waals surface area contributed by atoms with Crippen LogP contribution in [0.1, 0.15) is 53.4 Å². The Morgan fingerprint density at radius 3 is 2.15 bits per heavy atom. The molecule has 0 aliphatic rings. The first-order valence-electron chi connectivity index (χ1n) is 5.51. The van der Waals surface area contributed by atoms with Crippen molar-refractivity contribution in [2.45, 2.75) is 53.4 Å². The van der Waals surface area contributed by atoms with E-state index in [2.05, 4.69) is 27.7 Å². The molecular formula is C12H26O. The fourth-order valence-corrected chi connectivity index (χ4v) is 1.72. The van der Waals surface area contributed by atoms with Crippen LogP contribution in [0, 0.1) is 11.3 Å². The molecule has 1 nitrogen and oxygen atoms in total. The van der Waals surface area contributed by atoms with Gasteiger partial charge in [0.05, 0.1) is 0 Å². The van der Waals surface area contributed by atoms with Gasteiger partial charge in [-0.15, -0.1) is 0 Å². The number of methoxy groups -OCH3 is 1. The maximum absolute atomic E-state index is 5.15. The van der Waals surface area contributed by atoms with Crippen LogP contribution in [0.3, 0.4) is 0 Å². The topological polar surface area (TPSA) is 9.23 Å². The number of hydrogen-bond donors (Lipinski definition) is 0. The zero-order chi connectivity index (χ0) is 10.3. The highest BCUT2D eigenvalue weighted by atomic mass is 16.5. The monoisotopic (exact) mass is 186 g/mol. The van der Waals surface area contributed by atoms with Gasteiger partial charge in [-0.3, -0.25) is 0 Å². The summed E-state index contributed by atoms with van der Waals surface area (Å²) in [4.78, 5) is 0. The van der Waals surface area contributed by atoms with Crippen molar-refractivity contribution >= 4 is 0 Å². The standard InChI is InChI=1S/C12H26O/c1-6-7-8-11(9-10-13-5)12(2,3)4/h11H,6-10H2,1-5H3/t11-/m0/s1. The molecule has 0 saturated carbocycles. The molecule has 0 rings (SSSR count). The van der Waals surface area contributed by atoms with E-state index in [0.29, 0.717) is 5.41 Å². The SMILES string of the molecule is CCCC[C@@H](CCOC)C(C)(C)C. The van der Waals surface area contributed by atoms with Gasteiger partial charge in [0.15, 0.2) is 0 Å². The number of rotatable bonds is 6. The summed E-state index contributed by atoms with van der Waals surface area (Å²) in [6.45, 7) is 10.2. The molecule has 80 valence electrons. The van der Waals surface area contributed by atoms with Crippen molar-refractivity contribution in [1.29, 1.82) is 0 Å². The normalized spacial score (nSPS) is 14.5. The van der Waals surface area contributed by atoms with E-state index >= 15 is 0 Å². The van der Waals surface area contributed by atoms with E-state index in [4.69, 9.17) is 4.74 Å². The fourth-order valence-electron chi connectivity index (χ4n) is 1.72. The van der Waals surface area contributed by atoms with Crippen molar-refractivity contribution < 1.29 is 4.74 Å². The predicted molar refractivity (Wildman–Crippen MR) is 59.0 cm³/mol. The maximum atomic E-state index is 5.15. The minimum absolute atomic E-state index is 0.438. The molecule has 0 aromatic rings. The summed E-state index contributed by atoms with van der Waals surface area (Å²) in [5.74, 6) is 0.812. The Hall–Kier alpha value is -0.0400. The highest BCUT2D eigenvalue weighted by Crippen LogP contribution is 2.32. The second-order valence-electron chi connectivity index (χ2n) is 4.99. The highest BCUT2D eigenvalue weighted by molar-refractivity contribution is 4.73. The molecule has 0 aliphatic carbocycles. The summed E-state index contributed by atoms with van der Waals surface area (Å²) in [6, 6.07) is 0. The van der Waals surface area contributed by atoms with Gasteiger partial charge in [-0.05, 0) is 24.2 Å². The fraction of sp³-hybridized carbons (Fsp3) is 1.00. The second kappa shape index (κ2) is 6.42. The number of ether oxygens (including phenoxy) is 1. The molecular weight excluding hydrogens is 160 g/mol. The molecule has 1 atom stereocenters. The van der Waals surface area contributed by atoms with Crippen molar-refractivity contribution in [3.05, 3.63) is 0 Å². The minimum atomic E-state index is 0.438. The molecule has 0 heterocycles. The molecule has 0 unspecified atom stereocenters. The molecule has 0 spiro atoms. The van der Waals surface area contributed by atoms with Gasteiger partial charge in [0.2, 0.25) is 0 Å². The van der Waals surface area contributed by atoms with Gasteiger partial charge < -0.3 is 4.74 Å². The van der Waals surface area contributed by atoms with Gasteiger partial charge in [0, 0.05) is 13.7 Å². The van der Waals surface area contributed by atoms with Gasteiger partial charge in [-0.1, -0.05) is 40.5 Å². The third-order valence-corrected chi connectivity index (χ3v) is 2.80. The first-order chi connectivity index (χ1) is 6.02. The van der Waals surface area contributed by atoms with Gasteiger partial charge in [0.25, 0.3) is 0 Å². The van der Waals surface area contributed by atoms with Crippen LogP contribution in [0.25, 0.3) is 0 Å². The van der Waals surface area contributed by atoms with E-state index in [1.807, 2.05) is 0 Å². The number of hydrogen-bond acceptors (Lipinski definition) is 1. The van der Waals surface area contributed by atoms with Crippen molar-refractivity contribution in [3.63, 3.8) is 0 Å². The lowest BCUT2D eigenvalue weighted by atomic mass is 9.76. The zero-order valence-electron chi connectivity index (χ0n) is 10.0. The molecule has 0 aliphatic heterocycles. The summed E-state index contributed by atoms with van der Waals surface area (Å²) >= 11 is 0. The van der Waals surface area contributed by atoms with E-state index < -0.39 is 0 Å². The Labute approximate surface area is 83.9 Å². The molecule has 0 N–H and O–H groups in total. The lowest BCUT2D eigenvalue weighted by Crippen LogP contribution is -2.21. The van der Waals surface area contributed by atoms with E-state index in [1.165, 1.54) is 25.7 Å². The highest BCUT2D eigenvalue weighted by Gasteiger charge is 2.23. The van der Waals surface area contributed by atoms with Crippen LogP contribution in [0.4, 0.5) is 0 Å². The lowest BCUT2D eigenvalue weighted by molar-refractivity contribution is 0.129. The maximum Gasteiger partial charge on any atom is 0.0465 e. The largest absolute Gasteiger partial charge is 0.385 e. The smallest absolute Gasteiger partial charge is 0.0465 e. The molecule has 0 saturated heterocycles. The molecule has 0 bridgehead atoms. The van der Waals surface area contributed by atoms with Gasteiger partial charge >= 0.3 is 0 Å². The van der Waals surface area contributed by atoms with Crippen LogP contribution in [0.15, 0.2) is 0 Å². The third-order valence-electron chi connectivity index (χ3n) is 2.80. The van der Waals surface area contributed by atoms with E-state index in [1.54, 1.807) is 7.11 Å². The third kappa shape index (κ3) is 6.09. The predicted octanol–water partition coefficient (Wildman–Crippen LogP) is 3.88. The van der Waals surface area contributed by atoms with Crippen LogP contribution >= 0.6 is 0 Å². The van der Waals surface area contributed by atoms with Gasteiger partial charge in [-0.2, -0.15) is 0 Å². The Morgan fingerprint density at radius 2 is 1.77 bits per heavy atom. The first kappa shape index (κ1) is 13.0. The Balaban J connectivity index is 3.88. The quantitative estimate of drug-likeness (QED) is 0.612. The zero-order valence-corrected chi connectivity index (χ0v) is 10.0. The van der Waals surface area contributed by atoms with Crippen LogP contribution in [0.2, 0.25) is 0 Å². The molecule has 0 amide bonds. The van der Waals surface area contributed by atoms with E-state index in [0.717, 1.165) is 12.5 Å². The number of unbranched alkanes of at least 4 members (excludes halogenated alkanes) is 1. The molecule has 1 heteroatoms. The summed E-state index contributed by atoms with van der Waals surface area (Å²) in [7, 11) is 1.79. The minimum Gasteiger partial charge on any atom is -0.385 e. The average molecular weight is 186 g/mol. The van der Waals surface area contributed by atoms with E-state index in [-0.39, 0.29) is 0 Å². The average Bonchev–Trinajstić information content (AvgIpc) is 2.02. The molecule has 0 aromatic carbocycles. The molecule has 0 radical (unpaired) electrons. The summed E-state index contributed by atoms with van der Waals surface area (Å²) < 4.78 is 5.15. The Bertz CT molecular complexity index is 105. The summed E-state index contributed by atoms with van der Waals surface area (Å²) in [6.07, 6.45) is 5.22. The van der Waals surface area contributed by atoms with Crippen LogP contribution < -0.4 is 0 Å². The van der Waals surface area contributed by atoms with Crippen LogP contribution in [-0.2, 0) is 4.74 Å². The van der Waals surface area contributed by atoms with Crippen molar-refractivity contribution in [3.8, 4) is 0 Å². The van der Waals surface area contributed by atoms with E-state index in [9.17, 15) is 0 Å². The second-order valence-corrected chi connectivity index (χ2v) is 4.99. The Kier molecular flexibility index (Phi) is 6.40. The van der Waals surface area contributed by atoms with Crippen molar-refractivity contribution in [1.82, 2.24) is 0 Å². The summed E-state index contributed by atoms with van der Waals surface area (Å²) in [5.41, 5.74) is 0.438. The molecule has 0 aromatic heterocycles. The van der Waals surface area contributed by atoms with Crippen LogP contribution in [-0.4, -0.2) is 13.7 Å². The first-order valence-corrected chi connectivity index (χ1v) is 5.51. The van der Waals surface area contributed by atoms with Crippen molar-refractivity contribution in [2.75, 3.05) is 13.7 Å². The summed E-state index contributed by atoms with van der Waals surface area (Å²) in [5, 5.41) is 0. The van der Waals surface area contributed by atoms with Crippen molar-refractivity contribution in [2.24, 2.45) is 11.3 Å². The lowest BCUT2D eigenvalue weighted by Gasteiger charge is -2.30.